The molecule has 0 saturated heterocycles. The highest BCUT2D eigenvalue weighted by molar-refractivity contribution is 9.28. The summed E-state index contributed by atoms with van der Waals surface area (Å²) in [6.45, 7) is 0. The van der Waals surface area contributed by atoms with Crippen LogP contribution in [-0.2, 0) is 0 Å². The van der Waals surface area contributed by atoms with Gasteiger partial charge in [-0.15, -0.1) is 0 Å². The highest BCUT2D eigenvalue weighted by Gasteiger charge is 2.35. The monoisotopic (exact) mass is 542 g/mol. The predicted molar refractivity (Wildman–Crippen MR) is 126 cm³/mol. The number of fused-ring (bicyclic) bond motifs is 1. The fraction of sp³-hybridized carbons (Fsp3) is 0.0833. The summed E-state index contributed by atoms with van der Waals surface area (Å²) < 4.78 is 2.15. The van der Waals surface area contributed by atoms with Gasteiger partial charge in [-0.25, -0.2) is 0 Å². The number of hydrogen-bond acceptors (Lipinski definition) is 0. The molecule has 0 amide bonds. The summed E-state index contributed by atoms with van der Waals surface area (Å²) in [6.07, 6.45) is 2.23. The summed E-state index contributed by atoms with van der Waals surface area (Å²) in [5.41, 5.74) is 6.58. The van der Waals surface area contributed by atoms with Crippen LogP contribution >= 0.6 is 47.8 Å². The maximum Gasteiger partial charge on any atom is 0.0573 e. The van der Waals surface area contributed by atoms with Crippen molar-refractivity contribution in [3.05, 3.63) is 122 Å². The lowest BCUT2D eigenvalue weighted by molar-refractivity contribution is 0.862. The number of benzene rings is 3. The Kier molecular flexibility index (Phi) is 5.82. The lowest BCUT2D eigenvalue weighted by Gasteiger charge is -2.24. The van der Waals surface area contributed by atoms with Crippen LogP contribution in [0.25, 0.3) is 4.48 Å². The molecule has 0 N–H and O–H groups in total. The van der Waals surface area contributed by atoms with Gasteiger partial charge in [0.05, 0.1) is 3.39 Å². The first-order valence-corrected chi connectivity index (χ1v) is 11.2. The quantitative estimate of drug-likeness (QED) is 0.309. The summed E-state index contributed by atoms with van der Waals surface area (Å²) in [4.78, 5) is 0. The van der Waals surface area contributed by atoms with Crippen molar-refractivity contribution in [3.63, 3.8) is 0 Å². The fourth-order valence-electron chi connectivity index (χ4n) is 3.87. The first-order valence-electron chi connectivity index (χ1n) is 8.78. The summed E-state index contributed by atoms with van der Waals surface area (Å²) >= 11 is 11.1. The average molecular weight is 545 g/mol. The minimum Gasteiger partial charge on any atom is -0.0622 e. The molecule has 2 atom stereocenters. The van der Waals surface area contributed by atoms with E-state index in [1.54, 1.807) is 0 Å². The molecule has 1 aliphatic rings. The Hall–Kier alpha value is -1.42. The third kappa shape index (κ3) is 3.78. The Morgan fingerprint density at radius 3 is 2.04 bits per heavy atom. The van der Waals surface area contributed by atoms with E-state index in [0.29, 0.717) is 0 Å². The van der Waals surface area contributed by atoms with E-state index in [0.717, 1.165) is 3.39 Å². The van der Waals surface area contributed by atoms with E-state index in [1.807, 2.05) is 0 Å². The number of hydrogen-bond donors (Lipinski definition) is 0. The summed E-state index contributed by atoms with van der Waals surface area (Å²) in [6, 6.07) is 30.1. The van der Waals surface area contributed by atoms with Crippen LogP contribution in [0.2, 0.25) is 0 Å². The maximum absolute atomic E-state index is 3.95. The van der Waals surface area contributed by atoms with Crippen molar-refractivity contribution >= 4 is 52.3 Å². The zero-order valence-electron chi connectivity index (χ0n) is 14.4. The molecule has 0 nitrogen and oxygen atoms in total. The topological polar surface area (TPSA) is 0 Å². The molecule has 0 radical (unpaired) electrons. The van der Waals surface area contributed by atoms with E-state index >= 15 is 0 Å². The van der Waals surface area contributed by atoms with Gasteiger partial charge in [0.2, 0.25) is 0 Å². The van der Waals surface area contributed by atoms with E-state index in [1.165, 1.54) is 32.3 Å². The van der Waals surface area contributed by atoms with Crippen LogP contribution < -0.4 is 0 Å². The van der Waals surface area contributed by atoms with Gasteiger partial charge < -0.3 is 0 Å². The Balaban J connectivity index is 1.95. The molecule has 27 heavy (non-hydrogen) atoms. The van der Waals surface area contributed by atoms with E-state index in [9.17, 15) is 0 Å². The molecule has 0 saturated carbocycles. The van der Waals surface area contributed by atoms with Gasteiger partial charge >= 0.3 is 0 Å². The molecule has 0 aromatic heterocycles. The van der Waals surface area contributed by atoms with Crippen LogP contribution in [0.5, 0.6) is 0 Å². The molecular weight excluding hydrogens is 528 g/mol. The molecule has 3 aromatic rings. The molecule has 0 heterocycles. The molecule has 0 bridgehead atoms. The molecule has 4 rings (SSSR count). The van der Waals surface area contributed by atoms with Crippen molar-refractivity contribution in [2.24, 2.45) is 0 Å². The largest absolute Gasteiger partial charge is 0.0622 e. The molecule has 3 heteroatoms. The molecule has 1 aliphatic carbocycles. The van der Waals surface area contributed by atoms with Crippen LogP contribution in [0.1, 0.15) is 34.1 Å². The van der Waals surface area contributed by atoms with Crippen LogP contribution in [-0.4, -0.2) is 0 Å². The van der Waals surface area contributed by atoms with E-state index in [4.69, 9.17) is 0 Å². The van der Waals surface area contributed by atoms with Crippen LogP contribution in [0.15, 0.2) is 100.0 Å². The van der Waals surface area contributed by atoms with Crippen LogP contribution in [0, 0.1) is 0 Å². The molecular formula is C24H17Br3. The second-order valence-electron chi connectivity index (χ2n) is 6.54. The van der Waals surface area contributed by atoms with Gasteiger partial charge in [0, 0.05) is 16.3 Å². The van der Waals surface area contributed by atoms with Crippen LogP contribution in [0.3, 0.4) is 0 Å². The van der Waals surface area contributed by atoms with Gasteiger partial charge in [-0.2, -0.15) is 0 Å². The van der Waals surface area contributed by atoms with Crippen molar-refractivity contribution in [1.29, 1.82) is 0 Å². The van der Waals surface area contributed by atoms with E-state index in [-0.39, 0.29) is 11.8 Å². The first kappa shape index (κ1) is 18.9. The highest BCUT2D eigenvalue weighted by Crippen LogP contribution is 2.53. The second-order valence-corrected chi connectivity index (χ2v) is 10.1. The smallest absolute Gasteiger partial charge is 0.0573 e. The van der Waals surface area contributed by atoms with Gasteiger partial charge in [-0.1, -0.05) is 107 Å². The maximum atomic E-state index is 3.95. The Morgan fingerprint density at radius 2 is 1.37 bits per heavy atom. The van der Waals surface area contributed by atoms with Crippen molar-refractivity contribution < 1.29 is 0 Å². The number of halogens is 3. The molecule has 0 fully saturated rings. The SMILES string of the molecule is BrC(Br)=C[C@@H](C1=C(Br)c2ccccc2[C@H]1c1ccccc1)c1ccccc1. The predicted octanol–water partition coefficient (Wildman–Crippen LogP) is 8.35. The van der Waals surface area contributed by atoms with Gasteiger partial charge in [-0.3, -0.25) is 0 Å². The lowest BCUT2D eigenvalue weighted by Crippen LogP contribution is -2.08. The van der Waals surface area contributed by atoms with Gasteiger partial charge in [0.15, 0.2) is 0 Å². The molecule has 0 spiro atoms. The standard InChI is InChI=1S/C24H17Br3/c25-21(26)15-20(16-9-3-1-4-10-16)23-22(17-11-5-2-6-12-17)18-13-7-8-14-19(18)24(23)27/h1-15,20,22H/t20-,22-/m1/s1. The third-order valence-corrected chi connectivity index (χ3v) is 6.41. The van der Waals surface area contributed by atoms with Crippen molar-refractivity contribution in [2.45, 2.75) is 11.8 Å². The summed E-state index contributed by atoms with van der Waals surface area (Å²) in [5.74, 6) is 0.365. The molecule has 134 valence electrons. The second kappa shape index (κ2) is 8.30. The zero-order valence-corrected chi connectivity index (χ0v) is 19.2. The lowest BCUT2D eigenvalue weighted by atomic mass is 9.80. The van der Waals surface area contributed by atoms with Gasteiger partial charge in [0.1, 0.15) is 0 Å². The molecule has 0 aliphatic heterocycles. The Bertz CT molecular complexity index is 1000. The molecule has 3 aromatic carbocycles. The van der Waals surface area contributed by atoms with Crippen molar-refractivity contribution in [1.82, 2.24) is 0 Å². The van der Waals surface area contributed by atoms with E-state index in [2.05, 4.69) is 139 Å². The average Bonchev–Trinajstić information content (AvgIpc) is 3.00. The minimum atomic E-state index is 0.145. The van der Waals surface area contributed by atoms with Crippen LogP contribution in [0.4, 0.5) is 0 Å². The summed E-state index contributed by atoms with van der Waals surface area (Å²) in [7, 11) is 0. The summed E-state index contributed by atoms with van der Waals surface area (Å²) in [5, 5.41) is 0. The van der Waals surface area contributed by atoms with Gasteiger partial charge in [-0.05, 0) is 59.7 Å². The number of rotatable bonds is 4. The first-order chi connectivity index (χ1) is 13.2. The third-order valence-electron chi connectivity index (χ3n) is 4.99. The normalized spacial score (nSPS) is 16.8. The van der Waals surface area contributed by atoms with Gasteiger partial charge in [0.25, 0.3) is 0 Å². The molecule has 0 unspecified atom stereocenters. The Morgan fingerprint density at radius 1 is 0.778 bits per heavy atom. The van der Waals surface area contributed by atoms with Crippen molar-refractivity contribution in [3.8, 4) is 0 Å². The highest BCUT2D eigenvalue weighted by atomic mass is 79.9. The number of allylic oxidation sites excluding steroid dienone is 2. The van der Waals surface area contributed by atoms with Crippen molar-refractivity contribution in [2.75, 3.05) is 0 Å². The Labute approximate surface area is 185 Å². The minimum absolute atomic E-state index is 0.145. The fourth-order valence-corrected chi connectivity index (χ4v) is 5.24. The van der Waals surface area contributed by atoms with E-state index < -0.39 is 0 Å². The zero-order chi connectivity index (χ0) is 18.8.